The molecule has 0 radical (unpaired) electrons. The largest absolute Gasteiger partial charge is 0.328 e. The molecule has 0 amide bonds. The smallest absolute Gasteiger partial charge is 0.128 e. The molecule has 2 heteroatoms. The topological polar surface area (TPSA) is 26.0 Å². The highest BCUT2D eigenvalue weighted by atomic mass is 19.1. The molecule has 0 aromatic rings. The molecule has 4 atom stereocenters. The zero-order valence-corrected chi connectivity index (χ0v) is 10.0. The van der Waals surface area contributed by atoms with Gasteiger partial charge in [0.25, 0.3) is 0 Å². The van der Waals surface area contributed by atoms with Crippen molar-refractivity contribution in [1.29, 1.82) is 0 Å². The van der Waals surface area contributed by atoms with E-state index in [-0.39, 0.29) is 18.4 Å². The van der Waals surface area contributed by atoms with Gasteiger partial charge in [-0.25, -0.2) is 4.39 Å². The summed E-state index contributed by atoms with van der Waals surface area (Å²) in [6.45, 7) is 4.80. The fourth-order valence-electron chi connectivity index (χ4n) is 3.21. The number of hydrogen-bond donors (Lipinski definition) is 1. The van der Waals surface area contributed by atoms with E-state index in [1.165, 1.54) is 6.42 Å². The molecule has 2 aliphatic carbocycles. The lowest BCUT2D eigenvalue weighted by Crippen LogP contribution is -2.45. The fraction of sp³-hybridized carbons (Fsp3) is 1.00. The second kappa shape index (κ2) is 4.04. The lowest BCUT2D eigenvalue weighted by atomic mass is 9.68. The maximum absolute atomic E-state index is 14.8. The summed E-state index contributed by atoms with van der Waals surface area (Å²) >= 11 is 0. The Morgan fingerprint density at radius 3 is 2.13 bits per heavy atom. The van der Waals surface area contributed by atoms with Crippen molar-refractivity contribution in [1.82, 2.24) is 0 Å². The second-order valence-electron chi connectivity index (χ2n) is 5.87. The zero-order chi connectivity index (χ0) is 11.1. The maximum atomic E-state index is 14.8. The van der Waals surface area contributed by atoms with E-state index in [0.717, 1.165) is 31.6 Å². The van der Waals surface area contributed by atoms with Gasteiger partial charge in [0.1, 0.15) is 5.67 Å². The first-order valence-corrected chi connectivity index (χ1v) is 6.47. The zero-order valence-electron chi connectivity index (χ0n) is 10.0. The molecule has 2 fully saturated rings. The summed E-state index contributed by atoms with van der Waals surface area (Å²) in [5.74, 6) is 1.96. The number of nitrogens with two attached hydrogens (primary N) is 1. The van der Waals surface area contributed by atoms with Crippen LogP contribution in [0.15, 0.2) is 0 Å². The maximum Gasteiger partial charge on any atom is 0.128 e. The monoisotopic (exact) mass is 213 g/mol. The minimum Gasteiger partial charge on any atom is -0.328 e. The van der Waals surface area contributed by atoms with Gasteiger partial charge in [0.2, 0.25) is 0 Å². The fourth-order valence-corrected chi connectivity index (χ4v) is 3.21. The summed E-state index contributed by atoms with van der Waals surface area (Å²) in [4.78, 5) is 0. The van der Waals surface area contributed by atoms with Crippen molar-refractivity contribution in [2.45, 2.75) is 51.6 Å². The lowest BCUT2D eigenvalue weighted by Gasteiger charge is -2.40. The Labute approximate surface area is 92.6 Å². The van der Waals surface area contributed by atoms with Gasteiger partial charge in [-0.15, -0.1) is 0 Å². The third-order valence-corrected chi connectivity index (χ3v) is 4.85. The van der Waals surface area contributed by atoms with E-state index in [1.54, 1.807) is 0 Å². The van der Waals surface area contributed by atoms with Crippen LogP contribution in [0, 0.1) is 23.7 Å². The van der Waals surface area contributed by atoms with Crippen molar-refractivity contribution in [3.63, 3.8) is 0 Å². The summed E-state index contributed by atoms with van der Waals surface area (Å²) in [7, 11) is 0. The number of rotatable bonds is 3. The Kier molecular flexibility index (Phi) is 3.07. The van der Waals surface area contributed by atoms with Crippen LogP contribution < -0.4 is 5.73 Å². The van der Waals surface area contributed by atoms with E-state index in [9.17, 15) is 4.39 Å². The quantitative estimate of drug-likeness (QED) is 0.766. The molecule has 0 aliphatic heterocycles. The minimum atomic E-state index is -1.03. The average molecular weight is 213 g/mol. The SMILES string of the molecule is CC1CCC(C(F)(CN)C2CC2)CC1C. The predicted molar refractivity (Wildman–Crippen MR) is 61.3 cm³/mol. The molecule has 0 spiro atoms. The molecule has 0 saturated heterocycles. The van der Waals surface area contributed by atoms with E-state index < -0.39 is 5.67 Å². The van der Waals surface area contributed by atoms with Gasteiger partial charge in [-0.1, -0.05) is 20.3 Å². The third-order valence-electron chi connectivity index (χ3n) is 4.85. The van der Waals surface area contributed by atoms with Gasteiger partial charge < -0.3 is 5.73 Å². The number of alkyl halides is 1. The Balaban J connectivity index is 2.02. The van der Waals surface area contributed by atoms with Crippen LogP contribution in [0.4, 0.5) is 4.39 Å². The first kappa shape index (κ1) is 11.4. The molecule has 0 aromatic carbocycles. The molecule has 2 rings (SSSR count). The van der Waals surface area contributed by atoms with Gasteiger partial charge in [0.15, 0.2) is 0 Å². The molecule has 0 heterocycles. The number of halogens is 1. The molecule has 15 heavy (non-hydrogen) atoms. The molecule has 1 nitrogen and oxygen atoms in total. The molecular weight excluding hydrogens is 189 g/mol. The van der Waals surface area contributed by atoms with Crippen molar-refractivity contribution in [3.05, 3.63) is 0 Å². The summed E-state index contributed by atoms with van der Waals surface area (Å²) in [5, 5.41) is 0. The Morgan fingerprint density at radius 1 is 1.07 bits per heavy atom. The summed E-state index contributed by atoms with van der Waals surface area (Å²) < 4.78 is 14.8. The summed E-state index contributed by atoms with van der Waals surface area (Å²) in [6, 6.07) is 0. The van der Waals surface area contributed by atoms with Crippen LogP contribution >= 0.6 is 0 Å². The van der Waals surface area contributed by atoms with Crippen molar-refractivity contribution < 1.29 is 4.39 Å². The van der Waals surface area contributed by atoms with Gasteiger partial charge in [-0.05, 0) is 49.4 Å². The van der Waals surface area contributed by atoms with Crippen molar-refractivity contribution in [2.75, 3.05) is 6.54 Å². The highest BCUT2D eigenvalue weighted by Gasteiger charge is 2.51. The van der Waals surface area contributed by atoms with Crippen LogP contribution in [0.3, 0.4) is 0 Å². The molecule has 0 aromatic heterocycles. The third kappa shape index (κ3) is 2.06. The highest BCUT2D eigenvalue weighted by molar-refractivity contribution is 5.01. The molecule has 2 aliphatic rings. The molecule has 4 unspecified atom stereocenters. The number of hydrogen-bond acceptors (Lipinski definition) is 1. The van der Waals surface area contributed by atoms with Crippen LogP contribution in [0.2, 0.25) is 0 Å². The van der Waals surface area contributed by atoms with E-state index in [1.807, 2.05) is 0 Å². The molecule has 0 bridgehead atoms. The molecule has 2 saturated carbocycles. The van der Waals surface area contributed by atoms with Crippen LogP contribution in [-0.2, 0) is 0 Å². The minimum absolute atomic E-state index is 0.237. The van der Waals surface area contributed by atoms with Gasteiger partial charge in [0, 0.05) is 6.54 Å². The predicted octanol–water partition coefficient (Wildman–Crippen LogP) is 3.14. The van der Waals surface area contributed by atoms with E-state index in [0.29, 0.717) is 5.92 Å². The van der Waals surface area contributed by atoms with Gasteiger partial charge >= 0.3 is 0 Å². The van der Waals surface area contributed by atoms with E-state index in [4.69, 9.17) is 5.73 Å². The van der Waals surface area contributed by atoms with Crippen molar-refractivity contribution in [3.8, 4) is 0 Å². The second-order valence-corrected chi connectivity index (χ2v) is 5.87. The van der Waals surface area contributed by atoms with Crippen LogP contribution in [0.1, 0.15) is 46.0 Å². The summed E-state index contributed by atoms with van der Waals surface area (Å²) in [5.41, 5.74) is 4.65. The van der Waals surface area contributed by atoms with Crippen molar-refractivity contribution in [2.24, 2.45) is 29.4 Å². The Morgan fingerprint density at radius 2 is 1.67 bits per heavy atom. The standard InChI is InChI=1S/C13H24FN/c1-9-3-4-12(7-10(9)2)13(14,8-15)11-5-6-11/h9-12H,3-8,15H2,1-2H3. The van der Waals surface area contributed by atoms with Gasteiger partial charge in [0.05, 0.1) is 0 Å². The van der Waals surface area contributed by atoms with Gasteiger partial charge in [-0.3, -0.25) is 0 Å². The summed E-state index contributed by atoms with van der Waals surface area (Å²) in [6.07, 6.45) is 5.41. The van der Waals surface area contributed by atoms with Gasteiger partial charge in [-0.2, -0.15) is 0 Å². The van der Waals surface area contributed by atoms with E-state index in [2.05, 4.69) is 13.8 Å². The first-order chi connectivity index (χ1) is 7.08. The average Bonchev–Trinajstić information content (AvgIpc) is 3.04. The Hall–Kier alpha value is -0.110. The van der Waals surface area contributed by atoms with Crippen LogP contribution in [0.25, 0.3) is 0 Å². The van der Waals surface area contributed by atoms with Crippen molar-refractivity contribution >= 4 is 0 Å². The lowest BCUT2D eigenvalue weighted by molar-refractivity contribution is 0.0178. The Bertz CT molecular complexity index is 227. The van der Waals surface area contributed by atoms with E-state index >= 15 is 0 Å². The molecule has 2 N–H and O–H groups in total. The highest BCUT2D eigenvalue weighted by Crippen LogP contribution is 2.51. The van der Waals surface area contributed by atoms with Crippen LogP contribution in [0.5, 0.6) is 0 Å². The molecular formula is C13H24FN. The van der Waals surface area contributed by atoms with Crippen LogP contribution in [-0.4, -0.2) is 12.2 Å². The normalized spacial score (nSPS) is 41.2. The molecule has 88 valence electrons. The first-order valence-electron chi connectivity index (χ1n) is 6.47.